The van der Waals surface area contributed by atoms with Crippen molar-refractivity contribution in [1.82, 2.24) is 14.8 Å². The number of amides is 1. The van der Waals surface area contributed by atoms with Crippen LogP contribution in [0.5, 0.6) is 17.2 Å². The Morgan fingerprint density at radius 3 is 2.53 bits per heavy atom. The van der Waals surface area contributed by atoms with Crippen molar-refractivity contribution in [1.29, 1.82) is 0 Å². The van der Waals surface area contributed by atoms with Crippen LogP contribution < -0.4 is 14.2 Å². The molecule has 1 aliphatic rings. The number of para-hydroxylation sites is 1. The van der Waals surface area contributed by atoms with Crippen LogP contribution in [0.15, 0.2) is 47.8 Å². The van der Waals surface area contributed by atoms with Gasteiger partial charge in [-0.3, -0.25) is 9.69 Å². The maximum Gasteiger partial charge on any atom is 0.257 e. The van der Waals surface area contributed by atoms with Crippen LogP contribution in [0.3, 0.4) is 0 Å². The van der Waals surface area contributed by atoms with E-state index in [1.807, 2.05) is 11.4 Å². The summed E-state index contributed by atoms with van der Waals surface area (Å²) in [6.07, 6.45) is 0. The molecule has 1 amide bonds. The topological polar surface area (TPSA) is 73.4 Å². The van der Waals surface area contributed by atoms with Gasteiger partial charge in [0.25, 0.3) is 5.91 Å². The molecule has 0 radical (unpaired) electrons. The van der Waals surface area contributed by atoms with Gasteiger partial charge in [-0.1, -0.05) is 18.2 Å². The number of carbonyl (C=O) groups is 1. The van der Waals surface area contributed by atoms with Crippen LogP contribution in [0.1, 0.15) is 21.1 Å². The third-order valence-corrected chi connectivity index (χ3v) is 6.73. The largest absolute Gasteiger partial charge is 0.493 e. The first kappa shape index (κ1) is 25.9. The molecule has 10 heteroatoms. The zero-order valence-corrected chi connectivity index (χ0v) is 21.3. The fourth-order valence-corrected chi connectivity index (χ4v) is 4.62. The van der Waals surface area contributed by atoms with Gasteiger partial charge in [-0.05, 0) is 24.3 Å². The Labute approximate surface area is 214 Å². The Morgan fingerprint density at radius 1 is 1.11 bits per heavy atom. The second-order valence-corrected chi connectivity index (χ2v) is 9.12. The molecule has 3 aromatic rings. The van der Waals surface area contributed by atoms with E-state index in [-0.39, 0.29) is 24.6 Å². The number of nitrogens with zero attached hydrogens (tertiary/aromatic N) is 3. The van der Waals surface area contributed by atoms with Crippen molar-refractivity contribution in [2.24, 2.45) is 0 Å². The van der Waals surface area contributed by atoms with E-state index < -0.39 is 5.82 Å². The van der Waals surface area contributed by atoms with E-state index in [0.717, 1.165) is 23.8 Å². The molecule has 8 nitrogen and oxygen atoms in total. The van der Waals surface area contributed by atoms with Gasteiger partial charge < -0.3 is 23.8 Å². The average molecular weight is 516 g/mol. The lowest BCUT2D eigenvalue weighted by molar-refractivity contribution is 0.0319. The first-order valence-corrected chi connectivity index (χ1v) is 12.6. The maximum absolute atomic E-state index is 14.4. The Bertz CT molecular complexity index is 1130. The molecule has 1 aliphatic heterocycles. The molecule has 0 aliphatic carbocycles. The van der Waals surface area contributed by atoms with Crippen LogP contribution >= 0.6 is 11.3 Å². The average Bonchev–Trinajstić information content (AvgIpc) is 3.37. The summed E-state index contributed by atoms with van der Waals surface area (Å²) in [5.74, 6) is 0.746. The van der Waals surface area contributed by atoms with Crippen molar-refractivity contribution < 1.29 is 28.1 Å². The van der Waals surface area contributed by atoms with Crippen molar-refractivity contribution in [2.75, 3.05) is 53.6 Å². The SMILES string of the molecule is COc1cccc(OC)c1OCc1nc(CN(CCN2CCOCC2)C(=O)c2ccccc2F)cs1. The number of aromatic nitrogens is 1. The number of benzene rings is 2. The van der Waals surface area contributed by atoms with Gasteiger partial charge in [-0.2, -0.15) is 0 Å². The zero-order chi connectivity index (χ0) is 25.3. The van der Waals surface area contributed by atoms with Crippen molar-refractivity contribution in [2.45, 2.75) is 13.2 Å². The highest BCUT2D eigenvalue weighted by Gasteiger charge is 2.22. The minimum Gasteiger partial charge on any atom is -0.493 e. The van der Waals surface area contributed by atoms with Crippen LogP contribution in [0, 0.1) is 5.82 Å². The first-order valence-electron chi connectivity index (χ1n) is 11.7. The Morgan fingerprint density at radius 2 is 1.83 bits per heavy atom. The molecule has 2 aromatic carbocycles. The highest BCUT2D eigenvalue weighted by atomic mass is 32.1. The van der Waals surface area contributed by atoms with Crippen LogP contribution in [-0.2, 0) is 17.9 Å². The van der Waals surface area contributed by atoms with Gasteiger partial charge in [0.1, 0.15) is 17.4 Å². The highest BCUT2D eigenvalue weighted by molar-refractivity contribution is 7.09. The second-order valence-electron chi connectivity index (χ2n) is 8.17. The van der Waals surface area contributed by atoms with Crippen molar-refractivity contribution in [3.63, 3.8) is 0 Å². The number of carbonyl (C=O) groups excluding carboxylic acids is 1. The lowest BCUT2D eigenvalue weighted by Crippen LogP contribution is -2.43. The number of thiazole rings is 1. The molecule has 0 N–H and O–H groups in total. The van der Waals surface area contributed by atoms with Crippen LogP contribution in [0.2, 0.25) is 0 Å². The molecular weight excluding hydrogens is 485 g/mol. The third kappa shape index (κ3) is 6.51. The molecule has 1 aromatic heterocycles. The number of methoxy groups -OCH3 is 2. The quantitative estimate of drug-likeness (QED) is 0.384. The van der Waals surface area contributed by atoms with Crippen molar-refractivity contribution in [3.05, 3.63) is 69.9 Å². The fourth-order valence-electron chi connectivity index (χ4n) is 3.92. The first-order chi connectivity index (χ1) is 17.6. The third-order valence-electron chi connectivity index (χ3n) is 5.86. The predicted molar refractivity (Wildman–Crippen MR) is 134 cm³/mol. The van der Waals surface area contributed by atoms with Crippen LogP contribution in [-0.4, -0.2) is 74.3 Å². The van der Waals surface area contributed by atoms with Crippen molar-refractivity contribution in [3.8, 4) is 17.2 Å². The minimum absolute atomic E-state index is 0.0570. The molecule has 1 saturated heterocycles. The summed E-state index contributed by atoms with van der Waals surface area (Å²) in [6.45, 7) is 4.59. The molecule has 1 fully saturated rings. The van der Waals surface area contributed by atoms with E-state index in [0.29, 0.717) is 43.6 Å². The van der Waals surface area contributed by atoms with Gasteiger partial charge in [-0.15, -0.1) is 11.3 Å². The van der Waals surface area contributed by atoms with Crippen LogP contribution in [0.25, 0.3) is 0 Å². The number of hydrogen-bond donors (Lipinski definition) is 0. The molecule has 0 spiro atoms. The fraction of sp³-hybridized carbons (Fsp3) is 0.385. The maximum atomic E-state index is 14.4. The van der Waals surface area contributed by atoms with E-state index in [1.165, 1.54) is 23.5 Å². The predicted octanol–water partition coefficient (Wildman–Crippen LogP) is 3.85. The van der Waals surface area contributed by atoms with E-state index in [9.17, 15) is 9.18 Å². The molecular formula is C26H30FN3O5S. The molecule has 36 heavy (non-hydrogen) atoms. The second kappa shape index (κ2) is 12.7. The molecule has 0 unspecified atom stereocenters. The molecule has 0 bridgehead atoms. The summed E-state index contributed by atoms with van der Waals surface area (Å²) >= 11 is 1.44. The number of halogens is 1. The monoisotopic (exact) mass is 515 g/mol. The molecule has 2 heterocycles. The lowest BCUT2D eigenvalue weighted by Gasteiger charge is -2.30. The highest BCUT2D eigenvalue weighted by Crippen LogP contribution is 2.37. The standard InChI is InChI=1S/C26H30FN3O5S/c1-32-22-8-5-9-23(33-2)25(22)35-17-24-28-19(18-36-24)16-30(11-10-29-12-14-34-15-13-29)26(31)20-6-3-4-7-21(20)27/h3-9,18H,10-17H2,1-2H3. The number of hydrogen-bond acceptors (Lipinski definition) is 8. The summed E-state index contributed by atoms with van der Waals surface area (Å²) in [4.78, 5) is 21.8. The Balaban J connectivity index is 1.45. The van der Waals surface area contributed by atoms with E-state index in [1.54, 1.807) is 43.4 Å². The molecule has 192 valence electrons. The summed E-state index contributed by atoms with van der Waals surface area (Å²) < 4.78 is 36.5. The number of rotatable bonds is 11. The van der Waals surface area contributed by atoms with Crippen LogP contribution in [0.4, 0.5) is 4.39 Å². The lowest BCUT2D eigenvalue weighted by atomic mass is 10.1. The zero-order valence-electron chi connectivity index (χ0n) is 20.4. The Kier molecular flexibility index (Phi) is 9.10. The van der Waals surface area contributed by atoms with Gasteiger partial charge in [0.05, 0.1) is 45.2 Å². The van der Waals surface area contributed by atoms with Crippen molar-refractivity contribution >= 4 is 17.2 Å². The van der Waals surface area contributed by atoms with Gasteiger partial charge in [0.15, 0.2) is 11.5 Å². The molecule has 0 atom stereocenters. The van der Waals surface area contributed by atoms with Gasteiger partial charge in [0.2, 0.25) is 5.75 Å². The summed E-state index contributed by atoms with van der Waals surface area (Å²) in [6, 6.07) is 11.5. The molecule has 4 rings (SSSR count). The van der Waals surface area contributed by atoms with Gasteiger partial charge in [0, 0.05) is 31.6 Å². The minimum atomic E-state index is -0.531. The normalized spacial score (nSPS) is 13.9. The van der Waals surface area contributed by atoms with E-state index >= 15 is 0 Å². The number of morpholine rings is 1. The van der Waals surface area contributed by atoms with E-state index in [4.69, 9.17) is 18.9 Å². The Hall–Kier alpha value is -3.21. The smallest absolute Gasteiger partial charge is 0.257 e. The molecule has 0 saturated carbocycles. The summed E-state index contributed by atoms with van der Waals surface area (Å²) in [5.41, 5.74) is 0.777. The van der Waals surface area contributed by atoms with Gasteiger partial charge >= 0.3 is 0 Å². The summed E-state index contributed by atoms with van der Waals surface area (Å²) in [7, 11) is 3.14. The van der Waals surface area contributed by atoms with Gasteiger partial charge in [-0.25, -0.2) is 9.37 Å². The summed E-state index contributed by atoms with van der Waals surface area (Å²) in [5, 5.41) is 2.64. The van der Waals surface area contributed by atoms with E-state index in [2.05, 4.69) is 9.88 Å². The number of ether oxygens (including phenoxy) is 4.